The van der Waals surface area contributed by atoms with E-state index in [4.69, 9.17) is 2.81 Å². The summed E-state index contributed by atoms with van der Waals surface area (Å²) in [5.41, 5.74) is 2.71. The Morgan fingerprint density at radius 2 is 2.04 bits per heavy atom. The van der Waals surface area contributed by atoms with Crippen molar-refractivity contribution in [3.63, 3.8) is 0 Å². The molecule has 126 valence electrons. The fraction of sp³-hybridized carbons (Fsp3) is 0.294. The average Bonchev–Trinajstić information content (AvgIpc) is 3.15. The molecule has 6 heteroatoms. The number of halogens is 2. The van der Waals surface area contributed by atoms with E-state index in [2.05, 4.69) is 66.2 Å². The topological polar surface area (TPSA) is 29.5 Å². The third kappa shape index (κ3) is 3.68. The van der Waals surface area contributed by atoms with Gasteiger partial charge in [0, 0.05) is 0 Å². The third-order valence-corrected chi connectivity index (χ3v) is 24.2. The van der Waals surface area contributed by atoms with Gasteiger partial charge in [-0.1, -0.05) is 0 Å². The van der Waals surface area contributed by atoms with E-state index < -0.39 is 17.8 Å². The summed E-state index contributed by atoms with van der Waals surface area (Å²) in [5.74, 6) is 0. The predicted octanol–water partition coefficient (Wildman–Crippen LogP) is 3.65. The van der Waals surface area contributed by atoms with Gasteiger partial charge >= 0.3 is 130 Å². The van der Waals surface area contributed by atoms with Crippen molar-refractivity contribution >= 4 is 37.8 Å². The Kier molecular flexibility index (Phi) is 7.28. The van der Waals surface area contributed by atoms with Gasteiger partial charge in [-0.15, -0.1) is 24.8 Å². The summed E-state index contributed by atoms with van der Waals surface area (Å²) < 4.78 is 10.7. The molecular weight excluding hydrogens is 426 g/mol. The first kappa shape index (κ1) is 21.1. The minimum absolute atomic E-state index is 0. The van der Waals surface area contributed by atoms with E-state index in [1.165, 1.54) is 14.4 Å². The Bertz CT molecular complexity index is 727. The van der Waals surface area contributed by atoms with E-state index in [1.54, 1.807) is 0 Å². The van der Waals surface area contributed by atoms with Crippen LogP contribution in [0.3, 0.4) is 0 Å². The number of aliphatic hydroxyl groups excluding tert-OH is 1. The van der Waals surface area contributed by atoms with Gasteiger partial charge in [0.15, 0.2) is 0 Å². The number of hydrogen-bond acceptors (Lipinski definition) is 2. The molecule has 3 rings (SSSR count). The van der Waals surface area contributed by atoms with E-state index in [9.17, 15) is 5.11 Å². The summed E-state index contributed by atoms with van der Waals surface area (Å²) in [7, 11) is 0. The van der Waals surface area contributed by atoms with Crippen LogP contribution in [-0.4, -0.2) is 25.2 Å². The average molecular weight is 451 g/mol. The molecule has 1 N–H and O–H groups in total. The molecule has 23 heavy (non-hydrogen) atoms. The van der Waals surface area contributed by atoms with Crippen LogP contribution in [0.2, 0.25) is 4.63 Å². The van der Waals surface area contributed by atoms with Gasteiger partial charge in [-0.05, 0) is 0 Å². The number of allylic oxidation sites excluding steroid dienone is 5. The molecule has 1 aromatic carbocycles. The van der Waals surface area contributed by atoms with Gasteiger partial charge in [-0.2, -0.15) is 0 Å². The first-order valence-electron chi connectivity index (χ1n) is 7.49. The van der Waals surface area contributed by atoms with Crippen LogP contribution < -0.4 is 0 Å². The van der Waals surface area contributed by atoms with E-state index in [0.29, 0.717) is 10.2 Å². The SMILES string of the molecule is Cl.Cl.[CH3][Zr](=[SiH2])([O]CCO)([C]1=CC=CC1)[CH]1C=Cc2ccccc21. The van der Waals surface area contributed by atoms with Crippen molar-refractivity contribution in [1.82, 2.24) is 0 Å². The van der Waals surface area contributed by atoms with Crippen molar-refractivity contribution in [3.8, 4) is 0 Å². The van der Waals surface area contributed by atoms with E-state index in [1.807, 2.05) is 0 Å². The van der Waals surface area contributed by atoms with Crippen LogP contribution in [0, 0.1) is 0 Å². The van der Waals surface area contributed by atoms with Gasteiger partial charge in [0.1, 0.15) is 0 Å². The number of benzene rings is 1. The van der Waals surface area contributed by atoms with Gasteiger partial charge in [-0.25, -0.2) is 0 Å². The van der Waals surface area contributed by atoms with Crippen LogP contribution in [0.15, 0.2) is 51.9 Å². The van der Waals surface area contributed by atoms with Crippen LogP contribution in [0.5, 0.6) is 0 Å². The van der Waals surface area contributed by atoms with Gasteiger partial charge in [0.25, 0.3) is 0 Å². The van der Waals surface area contributed by atoms with Crippen LogP contribution in [0.4, 0.5) is 0 Å². The Balaban J connectivity index is 0.00000132. The summed E-state index contributed by atoms with van der Waals surface area (Å²) >= 11 is -3.62. The van der Waals surface area contributed by atoms with Crippen molar-refractivity contribution < 1.29 is 25.8 Å². The molecule has 1 unspecified atom stereocenters. The standard InChI is InChI=1S/C9H7.C5H5.C2H5O2.CH3.2ClH.H2Si.Zr/c1-2-5-9-7-3-6-8(9)4-1;1-2-4-5-3-1;3-1-2-4;;;;;/h1-7H;1-3H,4H2;3H,1-2H2;1H3;2*1H;1H2;/q;;-1;;;;;+1. The quantitative estimate of drug-likeness (QED) is 0.694. The Morgan fingerprint density at radius 1 is 1.30 bits per heavy atom. The maximum absolute atomic E-state index is 9.28. The van der Waals surface area contributed by atoms with Gasteiger partial charge in [0.2, 0.25) is 0 Å². The van der Waals surface area contributed by atoms with Gasteiger partial charge < -0.3 is 0 Å². The number of hydrogen-bond donors (Lipinski definition) is 1. The van der Waals surface area contributed by atoms with Crippen LogP contribution in [0.1, 0.15) is 21.2 Å². The molecule has 1 aromatic rings. The Morgan fingerprint density at radius 3 is 2.70 bits per heavy atom. The molecule has 2 aliphatic rings. The van der Waals surface area contributed by atoms with E-state index in [-0.39, 0.29) is 31.4 Å². The zero-order chi connectivity index (χ0) is 14.9. The van der Waals surface area contributed by atoms with E-state index >= 15 is 0 Å². The van der Waals surface area contributed by atoms with Gasteiger partial charge in [-0.3, -0.25) is 0 Å². The molecule has 0 amide bonds. The predicted molar refractivity (Wildman–Crippen MR) is 102 cm³/mol. The second-order valence-corrected chi connectivity index (χ2v) is 30.3. The van der Waals surface area contributed by atoms with Crippen molar-refractivity contribution in [2.24, 2.45) is 0 Å². The molecule has 0 saturated heterocycles. The summed E-state index contributed by atoms with van der Waals surface area (Å²) in [5, 5.41) is 9.28. The molecule has 2 aliphatic carbocycles. The van der Waals surface area contributed by atoms with Crippen LogP contribution >= 0.6 is 24.8 Å². The maximum atomic E-state index is 9.28. The third-order valence-electron chi connectivity index (χ3n) is 4.84. The first-order valence-corrected chi connectivity index (χ1v) is 19.5. The molecule has 0 aliphatic heterocycles. The summed E-state index contributed by atoms with van der Waals surface area (Å²) in [6.07, 6.45) is 12.2. The zero-order valence-corrected chi connectivity index (χ0v) is 18.8. The van der Waals surface area contributed by atoms with Crippen molar-refractivity contribution in [3.05, 3.63) is 63.0 Å². The zero-order valence-electron chi connectivity index (χ0n) is 13.3. The number of rotatable bonds is 5. The summed E-state index contributed by atoms with van der Waals surface area (Å²) in [4.78, 5) is 0. The number of aliphatic hydroxyl groups is 1. The molecule has 0 bridgehead atoms. The van der Waals surface area contributed by atoms with Crippen LogP contribution in [-0.2, 0) is 20.7 Å². The summed E-state index contributed by atoms with van der Waals surface area (Å²) in [6, 6.07) is 8.62. The first-order chi connectivity index (χ1) is 10.1. The minimum atomic E-state index is -3.62. The molecular formula is C17H24Cl2O2SiZr. The monoisotopic (exact) mass is 448 g/mol. The van der Waals surface area contributed by atoms with Crippen LogP contribution in [0.25, 0.3) is 6.08 Å². The van der Waals surface area contributed by atoms with Gasteiger partial charge in [0.05, 0.1) is 0 Å². The fourth-order valence-corrected chi connectivity index (χ4v) is 18.7. The molecule has 0 radical (unpaired) electrons. The number of fused-ring (bicyclic) bond motifs is 1. The Hall–Kier alpha value is 0.0400. The molecule has 0 heterocycles. The molecule has 1 atom stereocenters. The normalized spacial score (nSPS) is 18.9. The fourth-order valence-electron chi connectivity index (χ4n) is 3.57. The molecule has 0 spiro atoms. The Labute approximate surface area is 153 Å². The molecule has 0 saturated carbocycles. The second-order valence-electron chi connectivity index (χ2n) is 6.35. The molecule has 0 aromatic heterocycles. The van der Waals surface area contributed by atoms with Crippen molar-refractivity contribution in [1.29, 1.82) is 0 Å². The molecule has 2 nitrogen and oxygen atoms in total. The van der Waals surface area contributed by atoms with Crippen molar-refractivity contribution in [2.75, 3.05) is 13.2 Å². The van der Waals surface area contributed by atoms with E-state index in [0.717, 1.165) is 6.42 Å². The van der Waals surface area contributed by atoms with Crippen molar-refractivity contribution in [2.45, 2.75) is 14.7 Å². The summed E-state index contributed by atoms with van der Waals surface area (Å²) in [6.45, 7) is 2.64. The second kappa shape index (κ2) is 7.95. The molecule has 0 fully saturated rings.